The molecule has 0 aromatic heterocycles. The molecule has 4 heteroatoms. The molecule has 2 aliphatic carbocycles. The third-order valence-electron chi connectivity index (χ3n) is 5.52. The van der Waals surface area contributed by atoms with E-state index >= 15 is 0 Å². The van der Waals surface area contributed by atoms with Crippen LogP contribution in [0, 0.1) is 5.92 Å². The number of aliphatic hydroxyl groups is 1. The van der Waals surface area contributed by atoms with Crippen molar-refractivity contribution in [3.8, 4) is 11.1 Å². The van der Waals surface area contributed by atoms with Crippen LogP contribution in [0.2, 0.25) is 0 Å². The van der Waals surface area contributed by atoms with Crippen LogP contribution in [-0.4, -0.2) is 5.11 Å². The Balaban J connectivity index is 0.00000121. The summed E-state index contributed by atoms with van der Waals surface area (Å²) in [4.78, 5) is 0. The number of rotatable bonds is 5. The minimum atomic E-state index is -0.386. The molecule has 0 radical (unpaired) electrons. The summed E-state index contributed by atoms with van der Waals surface area (Å²) in [6.45, 7) is 2.27. The second-order valence-corrected chi connectivity index (χ2v) is 7.08. The fourth-order valence-corrected chi connectivity index (χ4v) is 4.08. The summed E-state index contributed by atoms with van der Waals surface area (Å²) in [6, 6.07) is 15.0. The molecule has 4 rings (SSSR count). The van der Waals surface area contributed by atoms with Crippen molar-refractivity contribution in [2.24, 2.45) is 5.92 Å². The van der Waals surface area contributed by atoms with Gasteiger partial charge < -0.3 is 29.9 Å². The van der Waals surface area contributed by atoms with Crippen LogP contribution in [0.15, 0.2) is 66.3 Å². The molecular formula is C23H24Cl2OZr. The molecule has 0 bridgehead atoms. The molecule has 2 aliphatic rings. The Hall–Kier alpha value is -0.657. The quantitative estimate of drug-likeness (QED) is 0.529. The van der Waals surface area contributed by atoms with Crippen LogP contribution in [0.1, 0.15) is 49.0 Å². The van der Waals surface area contributed by atoms with Gasteiger partial charge in [0.2, 0.25) is 0 Å². The van der Waals surface area contributed by atoms with Gasteiger partial charge >= 0.3 is 26.2 Å². The number of allylic oxidation sites excluding steroid dienone is 4. The molecule has 0 amide bonds. The number of benzene rings is 2. The van der Waals surface area contributed by atoms with Gasteiger partial charge in [0, 0.05) is 0 Å². The molecule has 2 unspecified atom stereocenters. The van der Waals surface area contributed by atoms with Crippen LogP contribution in [-0.2, 0) is 32.6 Å². The summed E-state index contributed by atoms with van der Waals surface area (Å²) in [5, 5.41) is 10.9. The average molecular weight is 479 g/mol. The third-order valence-corrected chi connectivity index (χ3v) is 5.52. The molecule has 0 fully saturated rings. The first kappa shape index (κ1) is 24.4. The van der Waals surface area contributed by atoms with Crippen LogP contribution in [0.25, 0.3) is 11.1 Å². The first-order chi connectivity index (χ1) is 11.7. The van der Waals surface area contributed by atoms with Crippen molar-refractivity contribution < 1.29 is 56.1 Å². The summed E-state index contributed by atoms with van der Waals surface area (Å²) in [7, 11) is 0. The summed E-state index contributed by atoms with van der Waals surface area (Å²) >= 11 is 0. The molecule has 140 valence electrons. The molecule has 27 heavy (non-hydrogen) atoms. The Morgan fingerprint density at radius 1 is 0.963 bits per heavy atom. The van der Waals surface area contributed by atoms with E-state index in [2.05, 4.69) is 67.6 Å². The molecule has 1 N–H and O–H groups in total. The largest absolute Gasteiger partial charge is 2.00 e. The van der Waals surface area contributed by atoms with Gasteiger partial charge in [-0.15, -0.1) is 0 Å². The zero-order valence-corrected chi connectivity index (χ0v) is 19.4. The first-order valence-corrected chi connectivity index (χ1v) is 8.98. The predicted molar refractivity (Wildman–Crippen MR) is 99.9 cm³/mol. The number of fused-ring (bicyclic) bond motifs is 3. The van der Waals surface area contributed by atoms with Gasteiger partial charge in [-0.05, 0) is 59.4 Å². The average Bonchev–Trinajstić information content (AvgIpc) is 3.26. The Labute approximate surface area is 193 Å². The van der Waals surface area contributed by atoms with Crippen LogP contribution in [0.3, 0.4) is 0 Å². The van der Waals surface area contributed by atoms with Crippen molar-refractivity contribution >= 4 is 0 Å². The molecule has 0 spiro atoms. The van der Waals surface area contributed by atoms with Crippen molar-refractivity contribution in [3.63, 3.8) is 0 Å². The van der Waals surface area contributed by atoms with Crippen molar-refractivity contribution in [2.75, 3.05) is 0 Å². The van der Waals surface area contributed by atoms with Gasteiger partial charge in [-0.25, -0.2) is 0 Å². The topological polar surface area (TPSA) is 20.2 Å². The second kappa shape index (κ2) is 10.8. The summed E-state index contributed by atoms with van der Waals surface area (Å²) < 4.78 is 0. The molecule has 2 aromatic rings. The van der Waals surface area contributed by atoms with E-state index in [1.807, 2.05) is 0 Å². The number of halogens is 2. The molecular weight excluding hydrogens is 454 g/mol. The van der Waals surface area contributed by atoms with E-state index in [1.54, 1.807) is 0 Å². The van der Waals surface area contributed by atoms with E-state index in [4.69, 9.17) is 0 Å². The van der Waals surface area contributed by atoms with Gasteiger partial charge in [0.25, 0.3) is 0 Å². The van der Waals surface area contributed by atoms with E-state index < -0.39 is 0 Å². The standard InChI is InChI=1S/C23H24O.2ClH.Zr/c1-16(17-7-2-3-8-17)13-14-22(24)21-12-6-10-19-15-18-9-4-5-11-20(18)23(19)21;;;/h2-7,9-12,16,22,24H,8,13-15H2,1H3;2*1H;/q;;;+2/p-2. The van der Waals surface area contributed by atoms with Crippen LogP contribution < -0.4 is 24.8 Å². The Morgan fingerprint density at radius 2 is 1.70 bits per heavy atom. The van der Waals surface area contributed by atoms with Crippen LogP contribution in [0.4, 0.5) is 0 Å². The molecule has 2 aromatic carbocycles. The minimum Gasteiger partial charge on any atom is -1.00 e. The van der Waals surface area contributed by atoms with Gasteiger partial charge in [-0.1, -0.05) is 73.2 Å². The molecule has 0 heterocycles. The number of hydrogen-bond acceptors (Lipinski definition) is 1. The van der Waals surface area contributed by atoms with E-state index in [-0.39, 0.29) is 57.1 Å². The minimum absolute atomic E-state index is 0. The van der Waals surface area contributed by atoms with Crippen molar-refractivity contribution in [2.45, 2.75) is 38.7 Å². The number of hydrogen-bond donors (Lipinski definition) is 1. The molecule has 0 saturated heterocycles. The van der Waals surface area contributed by atoms with Crippen LogP contribution in [0.5, 0.6) is 0 Å². The summed E-state index contributed by atoms with van der Waals surface area (Å²) in [5.74, 6) is 0.540. The Kier molecular flexibility index (Phi) is 9.72. The molecule has 1 nitrogen and oxygen atoms in total. The zero-order valence-electron chi connectivity index (χ0n) is 15.5. The van der Waals surface area contributed by atoms with Crippen LogP contribution >= 0.6 is 0 Å². The smallest absolute Gasteiger partial charge is 1.00 e. The molecule has 2 atom stereocenters. The SMILES string of the molecule is CC(CCC(O)c1cccc2c1-c1ccccc1C2)C1=CC=CC1.[Cl-].[Cl-].[Zr+2]. The van der Waals surface area contributed by atoms with E-state index in [0.29, 0.717) is 5.92 Å². The predicted octanol–water partition coefficient (Wildman–Crippen LogP) is -0.401. The maximum atomic E-state index is 10.9. The fourth-order valence-electron chi connectivity index (χ4n) is 4.08. The van der Waals surface area contributed by atoms with Gasteiger partial charge in [0.15, 0.2) is 0 Å². The Bertz CT molecular complexity index is 829. The summed E-state index contributed by atoms with van der Waals surface area (Å²) in [6.07, 6.45) is 10.1. The van der Waals surface area contributed by atoms with Crippen molar-refractivity contribution in [1.82, 2.24) is 0 Å². The van der Waals surface area contributed by atoms with E-state index in [0.717, 1.165) is 31.2 Å². The van der Waals surface area contributed by atoms with Gasteiger partial charge in [0.05, 0.1) is 6.10 Å². The van der Waals surface area contributed by atoms with Gasteiger partial charge in [-0.3, -0.25) is 0 Å². The zero-order chi connectivity index (χ0) is 16.5. The monoisotopic (exact) mass is 476 g/mol. The Morgan fingerprint density at radius 3 is 2.44 bits per heavy atom. The normalized spacial score (nSPS) is 15.4. The maximum absolute atomic E-state index is 10.9. The molecule has 0 saturated carbocycles. The second-order valence-electron chi connectivity index (χ2n) is 7.08. The van der Waals surface area contributed by atoms with Crippen molar-refractivity contribution in [3.05, 3.63) is 83.0 Å². The fraction of sp³-hybridized carbons (Fsp3) is 0.304. The molecule has 0 aliphatic heterocycles. The summed E-state index contributed by atoms with van der Waals surface area (Å²) in [5.41, 5.74) is 7.90. The first-order valence-electron chi connectivity index (χ1n) is 8.98. The van der Waals surface area contributed by atoms with Gasteiger partial charge in [-0.2, -0.15) is 0 Å². The third kappa shape index (κ3) is 5.04. The van der Waals surface area contributed by atoms with E-state index in [1.165, 1.54) is 27.8 Å². The van der Waals surface area contributed by atoms with E-state index in [9.17, 15) is 5.11 Å². The maximum Gasteiger partial charge on any atom is 2.00 e. The van der Waals surface area contributed by atoms with Gasteiger partial charge in [0.1, 0.15) is 0 Å². The van der Waals surface area contributed by atoms with Crippen molar-refractivity contribution in [1.29, 1.82) is 0 Å². The number of aliphatic hydroxyl groups excluding tert-OH is 1.